The Bertz CT molecular complexity index is 943. The van der Waals surface area contributed by atoms with Crippen molar-refractivity contribution in [2.45, 2.75) is 13.5 Å². The van der Waals surface area contributed by atoms with Gasteiger partial charge in [-0.1, -0.05) is 18.2 Å². The van der Waals surface area contributed by atoms with Crippen LogP contribution in [0.5, 0.6) is 0 Å². The minimum absolute atomic E-state index is 0.241. The Labute approximate surface area is 162 Å². The topological polar surface area (TPSA) is 93.2 Å². The van der Waals surface area contributed by atoms with E-state index >= 15 is 0 Å². The molecule has 142 valence electrons. The van der Waals surface area contributed by atoms with E-state index in [1.807, 2.05) is 12.1 Å². The summed E-state index contributed by atoms with van der Waals surface area (Å²) in [6, 6.07) is 13.9. The smallest absolute Gasteiger partial charge is 0.340 e. The maximum Gasteiger partial charge on any atom is 0.340 e. The molecule has 0 radical (unpaired) electrons. The Morgan fingerprint density at radius 3 is 2.61 bits per heavy atom. The van der Waals surface area contributed by atoms with Crippen molar-refractivity contribution in [2.75, 3.05) is 17.2 Å². The number of para-hydroxylation sites is 1. The van der Waals surface area contributed by atoms with Crippen molar-refractivity contribution < 1.29 is 14.3 Å². The van der Waals surface area contributed by atoms with Crippen molar-refractivity contribution in [3.05, 3.63) is 83.9 Å². The van der Waals surface area contributed by atoms with Gasteiger partial charge in [0.15, 0.2) is 0 Å². The molecule has 1 aromatic carbocycles. The molecule has 0 atom stereocenters. The monoisotopic (exact) mass is 376 g/mol. The summed E-state index contributed by atoms with van der Waals surface area (Å²) in [5, 5.41) is 5.93. The number of hydrogen-bond donors (Lipinski definition) is 2. The van der Waals surface area contributed by atoms with E-state index in [-0.39, 0.29) is 12.3 Å². The standard InChI is InChI=1S/C21H20N4O3/c1-2-28-21(27)17-7-3-4-8-18(17)25-20(26)19-10-9-16(14-24-19)23-13-15-6-5-11-22-12-15/h3-12,14,23H,2,13H2,1H3,(H,25,26). The third kappa shape index (κ3) is 4.91. The summed E-state index contributed by atoms with van der Waals surface area (Å²) in [6.07, 6.45) is 5.09. The largest absolute Gasteiger partial charge is 0.462 e. The zero-order chi connectivity index (χ0) is 19.8. The number of nitrogens with one attached hydrogen (secondary N) is 2. The zero-order valence-corrected chi connectivity index (χ0v) is 15.4. The number of ether oxygens (including phenoxy) is 1. The van der Waals surface area contributed by atoms with Gasteiger partial charge in [0.1, 0.15) is 5.69 Å². The van der Waals surface area contributed by atoms with Gasteiger partial charge in [-0.3, -0.25) is 9.78 Å². The predicted molar refractivity (Wildman–Crippen MR) is 106 cm³/mol. The third-order valence-electron chi connectivity index (χ3n) is 3.89. The second-order valence-corrected chi connectivity index (χ2v) is 5.87. The van der Waals surface area contributed by atoms with Gasteiger partial charge in [0.2, 0.25) is 0 Å². The average Bonchev–Trinajstić information content (AvgIpc) is 2.74. The van der Waals surface area contributed by atoms with E-state index in [9.17, 15) is 9.59 Å². The van der Waals surface area contributed by atoms with E-state index in [0.717, 1.165) is 11.3 Å². The lowest BCUT2D eigenvalue weighted by atomic mass is 10.1. The van der Waals surface area contributed by atoms with Crippen molar-refractivity contribution in [1.82, 2.24) is 9.97 Å². The highest BCUT2D eigenvalue weighted by molar-refractivity contribution is 6.07. The highest BCUT2D eigenvalue weighted by atomic mass is 16.5. The van der Waals surface area contributed by atoms with E-state index in [1.165, 1.54) is 0 Å². The van der Waals surface area contributed by atoms with Gasteiger partial charge in [0, 0.05) is 18.9 Å². The molecular formula is C21H20N4O3. The number of amides is 1. The highest BCUT2D eigenvalue weighted by Crippen LogP contribution is 2.17. The van der Waals surface area contributed by atoms with E-state index in [2.05, 4.69) is 20.6 Å². The van der Waals surface area contributed by atoms with Crippen LogP contribution < -0.4 is 10.6 Å². The number of pyridine rings is 2. The van der Waals surface area contributed by atoms with Gasteiger partial charge in [-0.2, -0.15) is 0 Å². The second kappa shape index (κ2) is 9.27. The van der Waals surface area contributed by atoms with Crippen LogP contribution in [-0.2, 0) is 11.3 Å². The lowest BCUT2D eigenvalue weighted by Gasteiger charge is -2.10. The minimum atomic E-state index is -0.485. The molecule has 1 amide bonds. The van der Waals surface area contributed by atoms with Crippen LogP contribution in [0.25, 0.3) is 0 Å². The fourth-order valence-corrected chi connectivity index (χ4v) is 2.50. The van der Waals surface area contributed by atoms with Crippen LogP contribution in [0.1, 0.15) is 33.3 Å². The number of carbonyl (C=O) groups is 2. The molecule has 2 heterocycles. The van der Waals surface area contributed by atoms with Gasteiger partial charge in [0.25, 0.3) is 5.91 Å². The van der Waals surface area contributed by atoms with Gasteiger partial charge < -0.3 is 15.4 Å². The first kappa shape index (κ1) is 19.0. The van der Waals surface area contributed by atoms with Crippen molar-refractivity contribution in [3.63, 3.8) is 0 Å². The number of esters is 1. The van der Waals surface area contributed by atoms with Crippen molar-refractivity contribution in [1.29, 1.82) is 0 Å². The zero-order valence-electron chi connectivity index (χ0n) is 15.4. The normalized spacial score (nSPS) is 10.2. The molecule has 3 aromatic rings. The van der Waals surface area contributed by atoms with Crippen molar-refractivity contribution in [2.24, 2.45) is 0 Å². The van der Waals surface area contributed by atoms with Crippen LogP contribution in [0.3, 0.4) is 0 Å². The summed E-state index contributed by atoms with van der Waals surface area (Å²) >= 11 is 0. The maximum absolute atomic E-state index is 12.5. The average molecular weight is 376 g/mol. The number of carbonyl (C=O) groups excluding carboxylic acids is 2. The number of rotatable bonds is 7. The van der Waals surface area contributed by atoms with Crippen LogP contribution in [0, 0.1) is 0 Å². The van der Waals surface area contributed by atoms with Crippen LogP contribution in [0.2, 0.25) is 0 Å². The lowest BCUT2D eigenvalue weighted by Crippen LogP contribution is -2.17. The summed E-state index contributed by atoms with van der Waals surface area (Å²) in [7, 11) is 0. The molecule has 0 saturated carbocycles. The van der Waals surface area contributed by atoms with Crippen LogP contribution in [-0.4, -0.2) is 28.5 Å². The van der Waals surface area contributed by atoms with Crippen molar-refractivity contribution >= 4 is 23.3 Å². The Hall–Kier alpha value is -3.74. The number of nitrogens with zero attached hydrogens (tertiary/aromatic N) is 2. The third-order valence-corrected chi connectivity index (χ3v) is 3.89. The molecule has 0 spiro atoms. The van der Waals surface area contributed by atoms with Crippen LogP contribution in [0.15, 0.2) is 67.1 Å². The van der Waals surface area contributed by atoms with Crippen molar-refractivity contribution in [3.8, 4) is 0 Å². The van der Waals surface area contributed by atoms with E-state index in [1.54, 1.807) is 61.9 Å². The second-order valence-electron chi connectivity index (χ2n) is 5.87. The molecule has 0 aliphatic rings. The SMILES string of the molecule is CCOC(=O)c1ccccc1NC(=O)c1ccc(NCc2cccnc2)cn1. The molecule has 0 bridgehead atoms. The summed E-state index contributed by atoms with van der Waals surface area (Å²) in [5.74, 6) is -0.892. The summed E-state index contributed by atoms with van der Waals surface area (Å²) in [4.78, 5) is 32.8. The highest BCUT2D eigenvalue weighted by Gasteiger charge is 2.15. The molecule has 0 unspecified atom stereocenters. The summed E-state index contributed by atoms with van der Waals surface area (Å²) in [5.41, 5.74) is 2.75. The molecule has 28 heavy (non-hydrogen) atoms. The quantitative estimate of drug-likeness (QED) is 0.613. The van der Waals surface area contributed by atoms with Crippen LogP contribution >= 0.6 is 0 Å². The lowest BCUT2D eigenvalue weighted by molar-refractivity contribution is 0.0527. The molecule has 2 aromatic heterocycles. The van der Waals surface area contributed by atoms with Gasteiger partial charge in [-0.25, -0.2) is 9.78 Å². The molecule has 0 aliphatic carbocycles. The number of aromatic nitrogens is 2. The minimum Gasteiger partial charge on any atom is -0.462 e. The van der Waals surface area contributed by atoms with Crippen LogP contribution in [0.4, 0.5) is 11.4 Å². The van der Waals surface area contributed by atoms with Gasteiger partial charge >= 0.3 is 5.97 Å². The van der Waals surface area contributed by atoms with E-state index in [4.69, 9.17) is 4.74 Å². The van der Waals surface area contributed by atoms with E-state index in [0.29, 0.717) is 17.8 Å². The molecule has 0 fully saturated rings. The molecule has 2 N–H and O–H groups in total. The van der Waals surface area contributed by atoms with E-state index < -0.39 is 11.9 Å². The Balaban J connectivity index is 1.65. The number of benzene rings is 1. The first-order valence-electron chi connectivity index (χ1n) is 8.83. The first-order chi connectivity index (χ1) is 13.7. The molecule has 7 nitrogen and oxygen atoms in total. The fraction of sp³-hybridized carbons (Fsp3) is 0.143. The Morgan fingerprint density at radius 1 is 1.04 bits per heavy atom. The number of hydrogen-bond acceptors (Lipinski definition) is 6. The summed E-state index contributed by atoms with van der Waals surface area (Å²) < 4.78 is 5.02. The molecule has 3 rings (SSSR count). The Kier molecular flexibility index (Phi) is 6.30. The molecule has 7 heteroatoms. The number of anilines is 2. The molecular weight excluding hydrogens is 356 g/mol. The molecule has 0 saturated heterocycles. The first-order valence-corrected chi connectivity index (χ1v) is 8.83. The maximum atomic E-state index is 12.5. The fourth-order valence-electron chi connectivity index (χ4n) is 2.50. The molecule has 0 aliphatic heterocycles. The summed E-state index contributed by atoms with van der Waals surface area (Å²) in [6.45, 7) is 2.59. The predicted octanol–water partition coefficient (Wildman–Crippen LogP) is 3.52. The Morgan fingerprint density at radius 2 is 1.89 bits per heavy atom. The van der Waals surface area contributed by atoms with Gasteiger partial charge in [0.05, 0.1) is 29.7 Å². The van der Waals surface area contributed by atoms with Gasteiger partial charge in [-0.15, -0.1) is 0 Å². The van der Waals surface area contributed by atoms with Gasteiger partial charge in [-0.05, 0) is 42.8 Å².